The summed E-state index contributed by atoms with van der Waals surface area (Å²) in [7, 11) is 0. The number of benzene rings is 1. The minimum atomic E-state index is -0.805. The number of hydrogen-bond acceptors (Lipinski definition) is 1. The highest BCUT2D eigenvalue weighted by Gasteiger charge is 2.22. The van der Waals surface area contributed by atoms with Crippen LogP contribution in [-0.4, -0.2) is 5.11 Å². The van der Waals surface area contributed by atoms with Crippen molar-refractivity contribution in [3.05, 3.63) is 33.8 Å². The van der Waals surface area contributed by atoms with Crippen LogP contribution in [0.5, 0.6) is 0 Å². The molecule has 1 N–H and O–H groups in total. The van der Waals surface area contributed by atoms with Crippen molar-refractivity contribution < 1.29 is 5.11 Å². The first kappa shape index (κ1) is 12.7. The van der Waals surface area contributed by atoms with E-state index in [2.05, 4.69) is 48.8 Å². The van der Waals surface area contributed by atoms with Crippen molar-refractivity contribution in [2.45, 2.75) is 45.6 Å². The van der Waals surface area contributed by atoms with Gasteiger partial charge in [0.15, 0.2) is 0 Å². The number of rotatable bonds is 1. The van der Waals surface area contributed by atoms with Crippen LogP contribution < -0.4 is 0 Å². The molecule has 1 rings (SSSR count). The van der Waals surface area contributed by atoms with Gasteiger partial charge in [-0.2, -0.15) is 0 Å². The molecule has 0 amide bonds. The van der Waals surface area contributed by atoms with Gasteiger partial charge in [0.25, 0.3) is 0 Å². The summed E-state index contributed by atoms with van der Waals surface area (Å²) in [6, 6.07) is 6.18. The van der Waals surface area contributed by atoms with Gasteiger partial charge in [0.1, 0.15) is 0 Å². The molecule has 0 fully saturated rings. The predicted molar refractivity (Wildman–Crippen MR) is 68.1 cm³/mol. The Morgan fingerprint density at radius 3 is 2.00 bits per heavy atom. The van der Waals surface area contributed by atoms with E-state index < -0.39 is 5.60 Å². The fourth-order valence-corrected chi connectivity index (χ4v) is 2.19. The summed E-state index contributed by atoms with van der Waals surface area (Å²) in [6.07, 6.45) is 0. The molecule has 0 aliphatic carbocycles. The monoisotopic (exact) mass is 270 g/mol. The maximum atomic E-state index is 10.0. The Morgan fingerprint density at radius 2 is 1.60 bits per heavy atom. The van der Waals surface area contributed by atoms with Gasteiger partial charge >= 0.3 is 0 Å². The second-order valence-electron chi connectivity index (χ2n) is 5.50. The Balaban J connectivity index is 3.30. The molecular formula is C13H19BrO. The highest BCUT2D eigenvalue weighted by atomic mass is 79.9. The lowest BCUT2D eigenvalue weighted by atomic mass is 9.84. The van der Waals surface area contributed by atoms with Crippen LogP contribution in [0, 0.1) is 0 Å². The molecule has 0 aromatic heterocycles. The third kappa shape index (κ3) is 3.05. The van der Waals surface area contributed by atoms with Crippen molar-refractivity contribution in [3.63, 3.8) is 0 Å². The van der Waals surface area contributed by atoms with Crippen LogP contribution in [0.2, 0.25) is 0 Å². The average molecular weight is 271 g/mol. The molecule has 0 saturated heterocycles. The molecule has 1 aromatic carbocycles. The Hall–Kier alpha value is -0.340. The highest BCUT2D eigenvalue weighted by Crippen LogP contribution is 2.32. The minimum absolute atomic E-state index is 0.112. The van der Waals surface area contributed by atoms with Crippen LogP contribution in [0.25, 0.3) is 0 Å². The molecule has 0 spiro atoms. The first-order valence-electron chi connectivity index (χ1n) is 5.15. The lowest BCUT2D eigenvalue weighted by molar-refractivity contribution is 0.0777. The summed E-state index contributed by atoms with van der Waals surface area (Å²) in [5, 5.41) is 10.0. The zero-order valence-corrected chi connectivity index (χ0v) is 11.6. The molecule has 84 valence electrons. The van der Waals surface area contributed by atoms with Gasteiger partial charge in [-0.25, -0.2) is 0 Å². The smallest absolute Gasteiger partial charge is 0.0851 e. The molecular weight excluding hydrogens is 252 g/mol. The Morgan fingerprint density at radius 1 is 1.07 bits per heavy atom. The maximum Gasteiger partial charge on any atom is 0.0851 e. The van der Waals surface area contributed by atoms with Gasteiger partial charge in [-0.15, -0.1) is 0 Å². The minimum Gasteiger partial charge on any atom is -0.386 e. The molecule has 0 bridgehead atoms. The summed E-state index contributed by atoms with van der Waals surface area (Å²) in [5.74, 6) is 0. The van der Waals surface area contributed by atoms with E-state index in [1.807, 2.05) is 6.07 Å². The highest BCUT2D eigenvalue weighted by molar-refractivity contribution is 9.10. The lowest BCUT2D eigenvalue weighted by Crippen LogP contribution is -2.19. The topological polar surface area (TPSA) is 20.2 Å². The maximum absolute atomic E-state index is 10.0. The van der Waals surface area contributed by atoms with Gasteiger partial charge in [-0.1, -0.05) is 48.8 Å². The lowest BCUT2D eigenvalue weighted by Gasteiger charge is -2.25. The van der Waals surface area contributed by atoms with Crippen LogP contribution >= 0.6 is 15.9 Å². The SMILES string of the molecule is CC(C)(C)c1ccc(Br)c(C(C)(C)O)c1. The molecule has 15 heavy (non-hydrogen) atoms. The van der Waals surface area contributed by atoms with E-state index in [0.29, 0.717) is 0 Å². The van der Waals surface area contributed by atoms with E-state index >= 15 is 0 Å². The molecule has 0 unspecified atom stereocenters. The van der Waals surface area contributed by atoms with Gasteiger partial charge in [-0.05, 0) is 36.5 Å². The zero-order valence-electron chi connectivity index (χ0n) is 10.1. The predicted octanol–water partition coefficient (Wildman–Crippen LogP) is 3.97. The number of aliphatic hydroxyl groups is 1. The first-order chi connectivity index (χ1) is 6.62. The van der Waals surface area contributed by atoms with Gasteiger partial charge in [0.2, 0.25) is 0 Å². The molecule has 0 aliphatic heterocycles. The van der Waals surface area contributed by atoms with Gasteiger partial charge in [-0.3, -0.25) is 0 Å². The number of halogens is 1. The van der Waals surface area contributed by atoms with Crippen LogP contribution in [0.3, 0.4) is 0 Å². The van der Waals surface area contributed by atoms with Crippen molar-refractivity contribution in [2.24, 2.45) is 0 Å². The Bertz CT molecular complexity index is 356. The van der Waals surface area contributed by atoms with E-state index in [1.54, 1.807) is 13.8 Å². The van der Waals surface area contributed by atoms with E-state index in [4.69, 9.17) is 0 Å². The fraction of sp³-hybridized carbons (Fsp3) is 0.538. The van der Waals surface area contributed by atoms with Crippen molar-refractivity contribution in [1.29, 1.82) is 0 Å². The largest absolute Gasteiger partial charge is 0.386 e. The first-order valence-corrected chi connectivity index (χ1v) is 5.94. The van der Waals surface area contributed by atoms with Crippen molar-refractivity contribution in [2.75, 3.05) is 0 Å². The van der Waals surface area contributed by atoms with E-state index in [1.165, 1.54) is 5.56 Å². The van der Waals surface area contributed by atoms with Crippen molar-refractivity contribution >= 4 is 15.9 Å². The molecule has 1 nitrogen and oxygen atoms in total. The van der Waals surface area contributed by atoms with Crippen LogP contribution in [0.15, 0.2) is 22.7 Å². The van der Waals surface area contributed by atoms with Gasteiger partial charge in [0.05, 0.1) is 5.60 Å². The Labute approximate surface area is 101 Å². The summed E-state index contributed by atoms with van der Waals surface area (Å²) >= 11 is 3.47. The molecule has 2 heteroatoms. The molecule has 0 atom stereocenters. The van der Waals surface area contributed by atoms with Gasteiger partial charge in [0, 0.05) is 4.47 Å². The van der Waals surface area contributed by atoms with Crippen LogP contribution in [-0.2, 0) is 11.0 Å². The fourth-order valence-electron chi connectivity index (χ4n) is 1.46. The molecule has 0 radical (unpaired) electrons. The second-order valence-corrected chi connectivity index (χ2v) is 6.36. The van der Waals surface area contributed by atoms with E-state index in [9.17, 15) is 5.11 Å². The van der Waals surface area contributed by atoms with E-state index in [0.717, 1.165) is 10.0 Å². The molecule has 1 aromatic rings. The third-order valence-corrected chi connectivity index (χ3v) is 3.18. The van der Waals surface area contributed by atoms with Crippen molar-refractivity contribution in [1.82, 2.24) is 0 Å². The van der Waals surface area contributed by atoms with Crippen LogP contribution in [0.4, 0.5) is 0 Å². The van der Waals surface area contributed by atoms with Gasteiger partial charge < -0.3 is 5.11 Å². The molecule has 0 heterocycles. The summed E-state index contributed by atoms with van der Waals surface area (Å²) in [4.78, 5) is 0. The van der Waals surface area contributed by atoms with Crippen molar-refractivity contribution in [3.8, 4) is 0 Å². The third-order valence-electron chi connectivity index (χ3n) is 2.49. The molecule has 0 saturated carbocycles. The quantitative estimate of drug-likeness (QED) is 0.819. The normalized spacial score (nSPS) is 13.0. The van der Waals surface area contributed by atoms with Crippen LogP contribution in [0.1, 0.15) is 45.7 Å². The molecule has 0 aliphatic rings. The standard InChI is InChI=1S/C13H19BrO/c1-12(2,3)9-6-7-11(14)10(8-9)13(4,5)15/h6-8,15H,1-5H3. The second kappa shape index (κ2) is 3.91. The average Bonchev–Trinajstić information content (AvgIpc) is 2.00. The number of hydrogen-bond donors (Lipinski definition) is 1. The summed E-state index contributed by atoms with van der Waals surface area (Å²) in [6.45, 7) is 10.1. The zero-order chi connectivity index (χ0) is 11.9. The summed E-state index contributed by atoms with van der Waals surface area (Å²) < 4.78 is 0.961. The Kier molecular flexibility index (Phi) is 3.32. The van der Waals surface area contributed by atoms with E-state index in [-0.39, 0.29) is 5.41 Å². The summed E-state index contributed by atoms with van der Waals surface area (Å²) in [5.41, 5.74) is 1.48.